The zero-order valence-electron chi connectivity index (χ0n) is 8.87. The summed E-state index contributed by atoms with van der Waals surface area (Å²) in [6.07, 6.45) is 0. The van der Waals surface area contributed by atoms with Crippen LogP contribution in [0.5, 0.6) is 0 Å². The minimum absolute atomic E-state index is 0.221. The summed E-state index contributed by atoms with van der Waals surface area (Å²) in [6, 6.07) is 7.33. The normalized spacial score (nSPS) is 10.9. The SMILES string of the molecule is CC(CO)(CO)Nc1cccc(Br)c1C#N. The summed E-state index contributed by atoms with van der Waals surface area (Å²) in [5.74, 6) is 0. The van der Waals surface area contributed by atoms with Gasteiger partial charge in [-0.05, 0) is 35.0 Å². The van der Waals surface area contributed by atoms with Gasteiger partial charge in [0.05, 0.1) is 30.0 Å². The molecule has 5 heteroatoms. The van der Waals surface area contributed by atoms with Crippen LogP contribution in [0.3, 0.4) is 0 Å². The van der Waals surface area contributed by atoms with Gasteiger partial charge in [0.1, 0.15) is 6.07 Å². The van der Waals surface area contributed by atoms with Crippen LogP contribution in [-0.2, 0) is 0 Å². The van der Waals surface area contributed by atoms with Crippen LogP contribution in [0.2, 0.25) is 0 Å². The van der Waals surface area contributed by atoms with Crippen molar-refractivity contribution in [2.45, 2.75) is 12.5 Å². The minimum atomic E-state index is -0.841. The average Bonchev–Trinajstić information content (AvgIpc) is 2.29. The monoisotopic (exact) mass is 284 g/mol. The Morgan fingerprint density at radius 2 is 2.06 bits per heavy atom. The molecule has 1 aromatic rings. The van der Waals surface area contributed by atoms with E-state index in [0.29, 0.717) is 15.7 Å². The summed E-state index contributed by atoms with van der Waals surface area (Å²) in [7, 11) is 0. The lowest BCUT2D eigenvalue weighted by Gasteiger charge is -2.28. The molecule has 3 N–H and O–H groups in total. The van der Waals surface area contributed by atoms with E-state index in [1.54, 1.807) is 25.1 Å². The molecule has 0 atom stereocenters. The van der Waals surface area contributed by atoms with Crippen molar-refractivity contribution in [1.82, 2.24) is 0 Å². The van der Waals surface area contributed by atoms with Gasteiger partial charge < -0.3 is 15.5 Å². The zero-order valence-corrected chi connectivity index (χ0v) is 10.5. The minimum Gasteiger partial charge on any atom is -0.394 e. The van der Waals surface area contributed by atoms with Crippen molar-refractivity contribution in [3.63, 3.8) is 0 Å². The van der Waals surface area contributed by atoms with Crippen molar-refractivity contribution in [2.24, 2.45) is 0 Å². The van der Waals surface area contributed by atoms with E-state index in [9.17, 15) is 0 Å². The van der Waals surface area contributed by atoms with Gasteiger partial charge in [0.25, 0.3) is 0 Å². The Labute approximate surface area is 103 Å². The molecular formula is C11H13BrN2O2. The van der Waals surface area contributed by atoms with Crippen LogP contribution in [0.15, 0.2) is 22.7 Å². The molecule has 0 bridgehead atoms. The third kappa shape index (κ3) is 2.73. The summed E-state index contributed by atoms with van der Waals surface area (Å²) >= 11 is 3.27. The number of aliphatic hydroxyl groups excluding tert-OH is 2. The molecule has 1 rings (SSSR count). The fraction of sp³-hybridized carbons (Fsp3) is 0.364. The molecule has 0 amide bonds. The fourth-order valence-electron chi connectivity index (χ4n) is 1.20. The number of hydrogen-bond donors (Lipinski definition) is 3. The van der Waals surface area contributed by atoms with Crippen LogP contribution in [-0.4, -0.2) is 29.0 Å². The van der Waals surface area contributed by atoms with E-state index in [2.05, 4.69) is 27.3 Å². The molecule has 0 aliphatic heterocycles. The maximum atomic E-state index is 9.16. The van der Waals surface area contributed by atoms with Crippen molar-refractivity contribution in [3.8, 4) is 6.07 Å². The van der Waals surface area contributed by atoms with Gasteiger partial charge in [-0.2, -0.15) is 5.26 Å². The Morgan fingerprint density at radius 1 is 1.44 bits per heavy atom. The average molecular weight is 285 g/mol. The third-order valence-corrected chi connectivity index (χ3v) is 2.92. The topological polar surface area (TPSA) is 76.3 Å². The van der Waals surface area contributed by atoms with E-state index < -0.39 is 5.54 Å². The van der Waals surface area contributed by atoms with Crippen LogP contribution in [0, 0.1) is 11.3 Å². The van der Waals surface area contributed by atoms with Gasteiger partial charge in [-0.15, -0.1) is 0 Å². The van der Waals surface area contributed by atoms with Crippen molar-refractivity contribution >= 4 is 21.6 Å². The molecule has 1 aromatic carbocycles. The summed E-state index contributed by atoms with van der Waals surface area (Å²) in [5, 5.41) is 30.3. The highest BCUT2D eigenvalue weighted by Gasteiger charge is 2.23. The van der Waals surface area contributed by atoms with E-state index in [0.717, 1.165) is 0 Å². The smallest absolute Gasteiger partial charge is 0.103 e. The maximum Gasteiger partial charge on any atom is 0.103 e. The molecule has 0 aromatic heterocycles. The van der Waals surface area contributed by atoms with Crippen LogP contribution in [0.4, 0.5) is 5.69 Å². The Balaban J connectivity index is 3.07. The first-order valence-electron chi connectivity index (χ1n) is 4.75. The Bertz CT molecular complexity index is 411. The van der Waals surface area contributed by atoms with E-state index in [4.69, 9.17) is 15.5 Å². The predicted octanol–water partition coefficient (Wildman–Crippen LogP) is 1.48. The van der Waals surface area contributed by atoms with Crippen molar-refractivity contribution in [1.29, 1.82) is 5.26 Å². The van der Waals surface area contributed by atoms with Gasteiger partial charge in [-0.1, -0.05) is 6.07 Å². The van der Waals surface area contributed by atoms with Gasteiger partial charge in [0.15, 0.2) is 0 Å². The Morgan fingerprint density at radius 3 is 2.56 bits per heavy atom. The summed E-state index contributed by atoms with van der Waals surface area (Å²) in [6.45, 7) is 1.23. The molecule has 0 radical (unpaired) electrons. The molecule has 0 aliphatic carbocycles. The molecule has 0 spiro atoms. The number of aliphatic hydroxyl groups is 2. The molecule has 0 saturated heterocycles. The fourth-order valence-corrected chi connectivity index (χ4v) is 1.65. The van der Waals surface area contributed by atoms with Gasteiger partial charge in [0.2, 0.25) is 0 Å². The maximum absolute atomic E-state index is 9.16. The molecule has 4 nitrogen and oxygen atoms in total. The molecule has 86 valence electrons. The number of hydrogen-bond acceptors (Lipinski definition) is 4. The Hall–Kier alpha value is -1.09. The van der Waals surface area contributed by atoms with Gasteiger partial charge in [-0.3, -0.25) is 0 Å². The van der Waals surface area contributed by atoms with E-state index in [1.807, 2.05) is 0 Å². The number of benzene rings is 1. The number of nitrogens with zero attached hydrogens (tertiary/aromatic N) is 1. The van der Waals surface area contributed by atoms with Crippen LogP contribution in [0.1, 0.15) is 12.5 Å². The van der Waals surface area contributed by atoms with Crippen molar-refractivity contribution in [3.05, 3.63) is 28.2 Å². The number of anilines is 1. The first kappa shape index (κ1) is 13.0. The standard InChI is InChI=1S/C11H13BrN2O2/c1-11(6-15,7-16)14-10-4-2-3-9(12)8(10)5-13/h2-4,14-16H,6-7H2,1H3. The largest absolute Gasteiger partial charge is 0.394 e. The van der Waals surface area contributed by atoms with Crippen LogP contribution < -0.4 is 5.32 Å². The van der Waals surface area contributed by atoms with Crippen LogP contribution >= 0.6 is 15.9 Å². The number of nitriles is 1. The third-order valence-electron chi connectivity index (χ3n) is 2.26. The van der Waals surface area contributed by atoms with E-state index in [1.165, 1.54) is 0 Å². The van der Waals surface area contributed by atoms with E-state index >= 15 is 0 Å². The van der Waals surface area contributed by atoms with Gasteiger partial charge >= 0.3 is 0 Å². The number of nitrogens with one attached hydrogen (secondary N) is 1. The first-order chi connectivity index (χ1) is 7.56. The van der Waals surface area contributed by atoms with Crippen LogP contribution in [0.25, 0.3) is 0 Å². The lowest BCUT2D eigenvalue weighted by molar-refractivity contribution is 0.147. The second-order valence-corrected chi connectivity index (χ2v) is 4.63. The summed E-state index contributed by atoms with van der Waals surface area (Å²) in [5.41, 5.74) is 0.199. The molecular weight excluding hydrogens is 272 g/mol. The second kappa shape index (κ2) is 5.30. The quantitative estimate of drug-likeness (QED) is 0.783. The summed E-state index contributed by atoms with van der Waals surface area (Å²) in [4.78, 5) is 0. The summed E-state index contributed by atoms with van der Waals surface area (Å²) < 4.78 is 0.679. The van der Waals surface area contributed by atoms with Gasteiger partial charge in [-0.25, -0.2) is 0 Å². The first-order valence-corrected chi connectivity index (χ1v) is 5.54. The number of rotatable bonds is 4. The highest BCUT2D eigenvalue weighted by Crippen LogP contribution is 2.26. The lowest BCUT2D eigenvalue weighted by atomic mass is 10.0. The zero-order chi connectivity index (χ0) is 12.2. The number of halogens is 1. The van der Waals surface area contributed by atoms with Crippen molar-refractivity contribution < 1.29 is 10.2 Å². The molecule has 0 heterocycles. The van der Waals surface area contributed by atoms with Gasteiger partial charge in [0, 0.05) is 4.47 Å². The lowest BCUT2D eigenvalue weighted by Crippen LogP contribution is -2.42. The molecule has 0 saturated carbocycles. The molecule has 0 fully saturated rings. The highest BCUT2D eigenvalue weighted by atomic mass is 79.9. The Kier molecular flexibility index (Phi) is 4.30. The highest BCUT2D eigenvalue weighted by molar-refractivity contribution is 9.10. The second-order valence-electron chi connectivity index (χ2n) is 3.78. The predicted molar refractivity (Wildman–Crippen MR) is 65.1 cm³/mol. The molecule has 16 heavy (non-hydrogen) atoms. The molecule has 0 aliphatic rings. The van der Waals surface area contributed by atoms with E-state index in [-0.39, 0.29) is 13.2 Å². The molecule has 0 unspecified atom stereocenters. The van der Waals surface area contributed by atoms with Crippen molar-refractivity contribution in [2.75, 3.05) is 18.5 Å².